The molecule has 9 heteroatoms. The van der Waals surface area contributed by atoms with E-state index in [9.17, 15) is 4.79 Å². The lowest BCUT2D eigenvalue weighted by atomic mass is 10.00. The first-order chi connectivity index (χ1) is 16.5. The first-order valence-electron chi connectivity index (χ1n) is 11.9. The van der Waals surface area contributed by atoms with Crippen LogP contribution in [0.1, 0.15) is 25.5 Å². The summed E-state index contributed by atoms with van der Waals surface area (Å²) in [5, 5.41) is 0.735. The molecule has 0 unspecified atom stereocenters. The number of aryl methyl sites for hydroxylation is 1. The molecule has 2 saturated heterocycles. The van der Waals surface area contributed by atoms with Crippen molar-refractivity contribution in [2.24, 2.45) is 5.92 Å². The summed E-state index contributed by atoms with van der Waals surface area (Å²) >= 11 is 6.02. The Hall–Kier alpha value is -3.13. The van der Waals surface area contributed by atoms with Gasteiger partial charge in [0.1, 0.15) is 0 Å². The number of aromatic amines is 1. The number of hydrogen-bond donors (Lipinski definition) is 1. The summed E-state index contributed by atoms with van der Waals surface area (Å²) in [7, 11) is 0. The van der Waals surface area contributed by atoms with Crippen LogP contribution in [0.4, 0.5) is 17.6 Å². The van der Waals surface area contributed by atoms with Gasteiger partial charge in [0.25, 0.3) is 5.56 Å². The van der Waals surface area contributed by atoms with Gasteiger partial charge >= 0.3 is 0 Å². The number of H-pyrrole nitrogens is 1. The normalized spacial score (nSPS) is 17.3. The SMILES string of the molecule is Cc1nc(N2CCC(C)CC2)ncc1-c1cc(=O)[nH]c(N2CCN(c3ccc(Cl)cc3)CC2)n1. The van der Waals surface area contributed by atoms with E-state index >= 15 is 0 Å². The highest BCUT2D eigenvalue weighted by Crippen LogP contribution is 2.25. The smallest absolute Gasteiger partial charge is 0.252 e. The van der Waals surface area contributed by atoms with Crippen LogP contribution in [0.3, 0.4) is 0 Å². The molecule has 2 aromatic heterocycles. The molecule has 1 aromatic carbocycles. The van der Waals surface area contributed by atoms with Crippen LogP contribution in [-0.4, -0.2) is 59.2 Å². The average Bonchev–Trinajstić information content (AvgIpc) is 2.85. The fourth-order valence-corrected chi connectivity index (χ4v) is 4.75. The summed E-state index contributed by atoms with van der Waals surface area (Å²) in [4.78, 5) is 36.3. The van der Waals surface area contributed by atoms with Crippen LogP contribution in [-0.2, 0) is 0 Å². The van der Waals surface area contributed by atoms with Gasteiger partial charge in [0, 0.05) is 67.8 Å². The van der Waals surface area contributed by atoms with Crippen molar-refractivity contribution in [3.8, 4) is 11.3 Å². The van der Waals surface area contributed by atoms with Gasteiger partial charge in [0.15, 0.2) is 0 Å². The molecule has 0 aliphatic carbocycles. The highest BCUT2D eigenvalue weighted by atomic mass is 35.5. The molecule has 0 atom stereocenters. The molecular weight excluding hydrogens is 450 g/mol. The molecule has 2 fully saturated rings. The molecule has 2 aliphatic rings. The third-order valence-corrected chi connectivity index (χ3v) is 7.06. The lowest BCUT2D eigenvalue weighted by molar-refractivity contribution is 0.434. The molecule has 0 spiro atoms. The van der Waals surface area contributed by atoms with E-state index in [1.807, 2.05) is 31.2 Å². The number of halogens is 1. The van der Waals surface area contributed by atoms with Crippen LogP contribution < -0.4 is 20.3 Å². The molecule has 0 amide bonds. The van der Waals surface area contributed by atoms with E-state index in [1.165, 1.54) is 6.07 Å². The Labute approximate surface area is 204 Å². The molecule has 8 nitrogen and oxygen atoms in total. The zero-order valence-corrected chi connectivity index (χ0v) is 20.4. The van der Waals surface area contributed by atoms with Gasteiger partial charge in [-0.1, -0.05) is 18.5 Å². The van der Waals surface area contributed by atoms with Gasteiger partial charge < -0.3 is 14.7 Å². The molecule has 1 N–H and O–H groups in total. The molecule has 178 valence electrons. The van der Waals surface area contributed by atoms with Gasteiger partial charge in [-0.05, 0) is 49.9 Å². The quantitative estimate of drug-likeness (QED) is 0.610. The van der Waals surface area contributed by atoms with E-state index in [0.29, 0.717) is 11.6 Å². The second-order valence-electron chi connectivity index (χ2n) is 9.24. The molecule has 0 saturated carbocycles. The van der Waals surface area contributed by atoms with Crippen LogP contribution in [0.5, 0.6) is 0 Å². The summed E-state index contributed by atoms with van der Waals surface area (Å²) in [6, 6.07) is 9.42. The lowest BCUT2D eigenvalue weighted by Crippen LogP contribution is -2.47. The molecule has 2 aliphatic heterocycles. The fourth-order valence-electron chi connectivity index (χ4n) is 4.63. The number of anilines is 3. The molecule has 4 heterocycles. The summed E-state index contributed by atoms with van der Waals surface area (Å²) < 4.78 is 0. The Morgan fingerprint density at radius 2 is 1.62 bits per heavy atom. The van der Waals surface area contributed by atoms with Crippen LogP contribution in [0, 0.1) is 12.8 Å². The summed E-state index contributed by atoms with van der Waals surface area (Å²) in [6.45, 7) is 9.40. The van der Waals surface area contributed by atoms with E-state index in [4.69, 9.17) is 21.6 Å². The minimum Gasteiger partial charge on any atom is -0.368 e. The Kier molecular flexibility index (Phi) is 6.41. The minimum absolute atomic E-state index is 0.173. The predicted octanol–water partition coefficient (Wildman–Crippen LogP) is 3.75. The van der Waals surface area contributed by atoms with E-state index in [-0.39, 0.29) is 5.56 Å². The van der Waals surface area contributed by atoms with Crippen molar-refractivity contribution in [3.05, 3.63) is 57.6 Å². The first-order valence-corrected chi connectivity index (χ1v) is 12.3. The van der Waals surface area contributed by atoms with Gasteiger partial charge in [-0.3, -0.25) is 9.78 Å². The molecule has 34 heavy (non-hydrogen) atoms. The lowest BCUT2D eigenvalue weighted by Gasteiger charge is -2.36. The number of piperazine rings is 1. The summed E-state index contributed by atoms with van der Waals surface area (Å²) in [6.07, 6.45) is 4.13. The predicted molar refractivity (Wildman–Crippen MR) is 137 cm³/mol. The van der Waals surface area contributed by atoms with Crippen LogP contribution >= 0.6 is 11.6 Å². The summed E-state index contributed by atoms with van der Waals surface area (Å²) in [5.74, 6) is 2.10. The van der Waals surface area contributed by atoms with Crippen LogP contribution in [0.15, 0.2) is 41.3 Å². The second kappa shape index (κ2) is 9.62. The fraction of sp³-hybridized carbons (Fsp3) is 0.440. The van der Waals surface area contributed by atoms with Gasteiger partial charge in [0.05, 0.1) is 11.4 Å². The molecule has 5 rings (SSSR count). The van der Waals surface area contributed by atoms with Crippen LogP contribution in [0.25, 0.3) is 11.3 Å². The van der Waals surface area contributed by atoms with E-state index in [1.54, 1.807) is 6.20 Å². The average molecular weight is 480 g/mol. The molecule has 0 radical (unpaired) electrons. The zero-order chi connectivity index (χ0) is 23.7. The van der Waals surface area contributed by atoms with Crippen molar-refractivity contribution in [2.75, 3.05) is 54.0 Å². The zero-order valence-electron chi connectivity index (χ0n) is 19.7. The number of nitrogens with one attached hydrogen (secondary N) is 1. The standard InChI is InChI=1S/C25H30ClN7O/c1-17-7-9-32(10-8-17)24-27-16-21(18(2)28-24)22-15-23(34)30-25(29-22)33-13-11-31(12-14-33)20-5-3-19(26)4-6-20/h3-6,15-17H,7-14H2,1-2H3,(H,29,30,34). The number of piperidine rings is 1. The van der Waals surface area contributed by atoms with Crippen molar-refractivity contribution >= 4 is 29.2 Å². The Balaban J connectivity index is 1.32. The maximum Gasteiger partial charge on any atom is 0.252 e. The van der Waals surface area contributed by atoms with Crippen molar-refractivity contribution in [1.29, 1.82) is 0 Å². The first kappa shape index (κ1) is 22.7. The monoisotopic (exact) mass is 479 g/mol. The molecule has 0 bridgehead atoms. The van der Waals surface area contributed by atoms with E-state index in [2.05, 4.69) is 31.6 Å². The van der Waals surface area contributed by atoms with Crippen molar-refractivity contribution in [3.63, 3.8) is 0 Å². The van der Waals surface area contributed by atoms with Crippen LogP contribution in [0.2, 0.25) is 5.02 Å². The summed E-state index contributed by atoms with van der Waals surface area (Å²) in [5.41, 5.74) is 3.21. The van der Waals surface area contributed by atoms with E-state index in [0.717, 1.165) is 85.9 Å². The number of benzene rings is 1. The maximum absolute atomic E-state index is 12.5. The maximum atomic E-state index is 12.5. The topological polar surface area (TPSA) is 81.2 Å². The third kappa shape index (κ3) is 4.87. The van der Waals surface area contributed by atoms with E-state index < -0.39 is 0 Å². The largest absolute Gasteiger partial charge is 0.368 e. The Morgan fingerprint density at radius 1 is 0.941 bits per heavy atom. The highest BCUT2D eigenvalue weighted by Gasteiger charge is 2.22. The van der Waals surface area contributed by atoms with Crippen molar-refractivity contribution < 1.29 is 0 Å². The number of aromatic nitrogens is 4. The number of rotatable bonds is 4. The van der Waals surface area contributed by atoms with Gasteiger partial charge in [-0.25, -0.2) is 15.0 Å². The van der Waals surface area contributed by atoms with Gasteiger partial charge in [-0.2, -0.15) is 0 Å². The molecular formula is C25H30ClN7O. The second-order valence-corrected chi connectivity index (χ2v) is 9.68. The highest BCUT2D eigenvalue weighted by molar-refractivity contribution is 6.30. The number of nitrogens with zero attached hydrogens (tertiary/aromatic N) is 6. The van der Waals surface area contributed by atoms with Crippen molar-refractivity contribution in [1.82, 2.24) is 19.9 Å². The minimum atomic E-state index is -0.173. The van der Waals surface area contributed by atoms with Gasteiger partial charge in [-0.15, -0.1) is 0 Å². The van der Waals surface area contributed by atoms with Crippen molar-refractivity contribution in [2.45, 2.75) is 26.7 Å². The number of hydrogen-bond acceptors (Lipinski definition) is 7. The Bertz CT molecular complexity index is 1200. The molecule has 3 aromatic rings. The Morgan fingerprint density at radius 3 is 2.29 bits per heavy atom. The van der Waals surface area contributed by atoms with Gasteiger partial charge in [0.2, 0.25) is 11.9 Å². The third-order valence-electron chi connectivity index (χ3n) is 6.81.